The summed E-state index contributed by atoms with van der Waals surface area (Å²) in [6, 6.07) is 5.85. The molecule has 0 aliphatic heterocycles. The Morgan fingerprint density at radius 1 is 0.545 bits per heavy atom. The number of azo groups is 1. The average molecular weight is 759 g/mol. The number of benzene rings is 2. The molecule has 18 nitrogen and oxygen atoms in total. The van der Waals surface area contributed by atoms with Crippen molar-refractivity contribution in [3.05, 3.63) is 127 Å². The van der Waals surface area contributed by atoms with E-state index in [1.54, 1.807) is 12.1 Å². The van der Waals surface area contributed by atoms with Gasteiger partial charge in [0, 0.05) is 21.1 Å². The van der Waals surface area contributed by atoms with Crippen LogP contribution in [0.2, 0.25) is 0 Å². The van der Waals surface area contributed by atoms with E-state index in [1.807, 2.05) is 0 Å². The summed E-state index contributed by atoms with van der Waals surface area (Å²) >= 11 is 0. The standard InChI is InChI=1S/C18H16N2O6.C18H14N2O6.CH4.O2/c2*1-25-15-5-12(6-16(26-2)18(15)24)8-20-19-7-11-3-13(9-21)17(23)14(4-11)10-22;;1-2/h3-10,23-24H,1-2H3;3-10H,1-2H3;1H4;. The fourth-order valence-electron chi connectivity index (χ4n) is 4.27. The first kappa shape index (κ1) is 45.3. The van der Waals surface area contributed by atoms with E-state index < -0.39 is 5.78 Å². The van der Waals surface area contributed by atoms with Crippen LogP contribution in [0.5, 0.6) is 23.0 Å². The molecule has 0 atom stereocenters. The predicted molar refractivity (Wildman–Crippen MR) is 198 cm³/mol. The number of phenolic OH excluding ortho intramolecular Hbond substituents is 2. The van der Waals surface area contributed by atoms with Gasteiger partial charge in [-0.3, -0.25) is 28.8 Å². The van der Waals surface area contributed by atoms with Crippen molar-refractivity contribution in [1.82, 2.24) is 0 Å². The third-order valence-electron chi connectivity index (χ3n) is 6.81. The summed E-state index contributed by atoms with van der Waals surface area (Å²) in [5, 5.41) is 34.9. The Labute approximate surface area is 313 Å². The zero-order valence-electron chi connectivity index (χ0n) is 28.8. The molecule has 0 saturated carbocycles. The average Bonchev–Trinajstić information content (AvgIpc) is 3.20. The van der Waals surface area contributed by atoms with Crippen LogP contribution in [0.3, 0.4) is 0 Å². The monoisotopic (exact) mass is 758 g/mol. The van der Waals surface area contributed by atoms with Gasteiger partial charge in [-0.2, -0.15) is 20.4 Å². The number of carbonyl (C=O) groups is 6. The first-order valence-electron chi connectivity index (χ1n) is 14.8. The molecule has 2 aromatic rings. The van der Waals surface area contributed by atoms with Crippen LogP contribution < -0.4 is 9.47 Å². The number of ether oxygens (including phenoxy) is 4. The fourth-order valence-corrected chi connectivity index (χ4v) is 4.27. The maximum Gasteiger partial charge on any atom is 0.261 e. The molecule has 0 saturated heterocycles. The molecule has 2 N–H and O–H groups in total. The van der Waals surface area contributed by atoms with E-state index >= 15 is 0 Å². The molecular formula is C37H34N4O14. The number of hydrogen-bond acceptors (Lipinski definition) is 18. The Kier molecular flexibility index (Phi) is 18.9. The zero-order chi connectivity index (χ0) is 40.2. The Hall–Kier alpha value is -7.76. The van der Waals surface area contributed by atoms with Gasteiger partial charge in [-0.05, 0) is 59.7 Å². The number of carbonyl (C=O) groups excluding carboxylic acids is 6. The van der Waals surface area contributed by atoms with Crippen LogP contribution in [0.4, 0.5) is 0 Å². The normalized spacial score (nSPS) is 13.4. The molecule has 0 unspecified atom stereocenters. The summed E-state index contributed by atoms with van der Waals surface area (Å²) in [4.78, 5) is 81.1. The number of rotatable bonds is 13. The molecule has 0 heterocycles. The van der Waals surface area contributed by atoms with Crippen LogP contribution in [0.25, 0.3) is 0 Å². The number of aldehydes is 4. The van der Waals surface area contributed by atoms with Gasteiger partial charge in [0.15, 0.2) is 53.9 Å². The molecule has 0 bridgehead atoms. The molecule has 0 spiro atoms. The lowest BCUT2D eigenvalue weighted by Crippen LogP contribution is -2.13. The molecule has 55 heavy (non-hydrogen) atoms. The van der Waals surface area contributed by atoms with Gasteiger partial charge < -0.3 is 29.2 Å². The molecular weight excluding hydrogens is 724 g/mol. The van der Waals surface area contributed by atoms with E-state index in [0.29, 0.717) is 47.4 Å². The minimum atomic E-state index is -0.632. The summed E-state index contributed by atoms with van der Waals surface area (Å²) in [7, 11) is 5.55. The Morgan fingerprint density at radius 2 is 0.945 bits per heavy atom. The molecule has 2 aliphatic rings. The van der Waals surface area contributed by atoms with E-state index in [-0.39, 0.29) is 70.0 Å². The summed E-state index contributed by atoms with van der Waals surface area (Å²) in [5.74, 6) is -0.858. The topological polar surface area (TPSA) is 263 Å². The number of ketones is 2. The summed E-state index contributed by atoms with van der Waals surface area (Å²) in [5.41, 5.74) is 1.57. The minimum Gasteiger partial charge on any atom is -0.506 e. The predicted octanol–water partition coefficient (Wildman–Crippen LogP) is 4.58. The molecule has 286 valence electrons. The maximum absolute atomic E-state index is 11.8. The molecule has 0 aromatic heterocycles. The van der Waals surface area contributed by atoms with Gasteiger partial charge in [-0.25, -0.2) is 0 Å². The van der Waals surface area contributed by atoms with Crippen LogP contribution in [-0.2, 0) is 28.7 Å². The number of phenols is 2. The lowest BCUT2D eigenvalue weighted by Gasteiger charge is -2.12. The highest BCUT2D eigenvalue weighted by atomic mass is 16.7. The van der Waals surface area contributed by atoms with Gasteiger partial charge >= 0.3 is 0 Å². The van der Waals surface area contributed by atoms with Crippen molar-refractivity contribution < 1.29 is 57.9 Å². The van der Waals surface area contributed by atoms with Gasteiger partial charge in [-0.15, -0.1) is 0 Å². The SMILES string of the molecule is C.COC1=CC(=CN=NC=C2C=C(C=O)C(=O)C(C=O)=C2)C=C(OC)C1=O.COc1cc(C=NN=Cc2cc(C=O)c(O)c(C=O)c2)cc(OC)c1O.O=O. The molecule has 0 radical (unpaired) electrons. The van der Waals surface area contributed by atoms with Gasteiger partial charge in [0.1, 0.15) is 5.75 Å². The van der Waals surface area contributed by atoms with E-state index in [4.69, 9.17) is 28.9 Å². The van der Waals surface area contributed by atoms with Crippen molar-refractivity contribution in [2.75, 3.05) is 28.4 Å². The first-order valence-corrected chi connectivity index (χ1v) is 14.8. The number of Topliss-reactive ketones (excluding diaryl/α,β-unsaturated/α-hetero) is 2. The van der Waals surface area contributed by atoms with Crippen molar-refractivity contribution in [2.45, 2.75) is 7.43 Å². The van der Waals surface area contributed by atoms with Crippen LogP contribution in [-0.4, -0.2) is 87.8 Å². The Morgan fingerprint density at radius 3 is 1.31 bits per heavy atom. The zero-order valence-corrected chi connectivity index (χ0v) is 28.8. The number of methoxy groups -OCH3 is 4. The Balaban J connectivity index is 0.000000517. The summed E-state index contributed by atoms with van der Waals surface area (Å²) in [6.45, 7) is 0. The van der Waals surface area contributed by atoms with Crippen molar-refractivity contribution in [1.29, 1.82) is 0 Å². The lowest BCUT2D eigenvalue weighted by atomic mass is 9.96. The highest BCUT2D eigenvalue weighted by molar-refractivity contribution is 6.28. The molecule has 2 aromatic carbocycles. The van der Waals surface area contributed by atoms with Gasteiger partial charge in [0.2, 0.25) is 5.75 Å². The second kappa shape index (κ2) is 22.9. The first-order chi connectivity index (χ1) is 26.1. The fraction of sp³-hybridized carbons (Fsp3) is 0.135. The second-order valence-corrected chi connectivity index (χ2v) is 10.1. The smallest absolute Gasteiger partial charge is 0.261 e. The highest BCUT2D eigenvalue weighted by Gasteiger charge is 2.22. The van der Waals surface area contributed by atoms with Crippen LogP contribution in [0.1, 0.15) is 39.3 Å². The molecule has 0 amide bonds. The maximum atomic E-state index is 11.8. The van der Waals surface area contributed by atoms with E-state index in [0.717, 1.165) is 0 Å². The van der Waals surface area contributed by atoms with Gasteiger partial charge in [0.25, 0.3) is 5.78 Å². The van der Waals surface area contributed by atoms with E-state index in [1.165, 1.54) is 89.7 Å². The third kappa shape index (κ3) is 12.2. The lowest BCUT2D eigenvalue weighted by molar-refractivity contribution is -0.118. The summed E-state index contributed by atoms with van der Waals surface area (Å²) < 4.78 is 20.0. The van der Waals surface area contributed by atoms with Gasteiger partial charge in [0.05, 0.1) is 75.5 Å². The van der Waals surface area contributed by atoms with Crippen molar-refractivity contribution >= 4 is 49.1 Å². The number of aromatic hydroxyl groups is 2. The molecule has 0 fully saturated rings. The van der Waals surface area contributed by atoms with Crippen LogP contribution in [0.15, 0.2) is 115 Å². The van der Waals surface area contributed by atoms with Crippen molar-refractivity contribution in [2.24, 2.45) is 20.4 Å². The number of nitrogens with zero attached hydrogens (tertiary/aromatic N) is 4. The van der Waals surface area contributed by atoms with E-state index in [9.17, 15) is 39.0 Å². The number of hydrogen-bond donors (Lipinski definition) is 2. The Bertz CT molecular complexity index is 1980. The van der Waals surface area contributed by atoms with Gasteiger partial charge in [-0.1, -0.05) is 7.43 Å². The summed E-state index contributed by atoms with van der Waals surface area (Å²) in [6.07, 6.45) is 12.6. The van der Waals surface area contributed by atoms with Crippen molar-refractivity contribution in [3.63, 3.8) is 0 Å². The molecule has 2 aliphatic carbocycles. The quantitative estimate of drug-likeness (QED) is 0.0931. The molecule has 4 rings (SSSR count). The minimum absolute atomic E-state index is 0. The van der Waals surface area contributed by atoms with Crippen LogP contribution >= 0.6 is 0 Å². The van der Waals surface area contributed by atoms with E-state index in [2.05, 4.69) is 20.4 Å². The number of allylic oxidation sites excluding steroid dienone is 8. The van der Waals surface area contributed by atoms with Crippen LogP contribution in [0, 0.1) is 9.93 Å². The highest BCUT2D eigenvalue weighted by Crippen LogP contribution is 2.36. The van der Waals surface area contributed by atoms with Crippen molar-refractivity contribution in [3.8, 4) is 23.0 Å². The third-order valence-corrected chi connectivity index (χ3v) is 6.81. The largest absolute Gasteiger partial charge is 0.506 e. The second-order valence-electron chi connectivity index (χ2n) is 10.1. The molecule has 18 heteroatoms.